The predicted octanol–water partition coefficient (Wildman–Crippen LogP) is 2.52. The van der Waals surface area contributed by atoms with E-state index in [2.05, 4.69) is 16.6 Å². The summed E-state index contributed by atoms with van der Waals surface area (Å²) in [4.78, 5) is 36.1. The molecule has 3 atom stereocenters. The van der Waals surface area contributed by atoms with E-state index in [1.54, 1.807) is 0 Å². The predicted molar refractivity (Wildman–Crippen MR) is 124 cm³/mol. The molecule has 0 saturated carbocycles. The summed E-state index contributed by atoms with van der Waals surface area (Å²) in [6.07, 6.45) is 4.55. The van der Waals surface area contributed by atoms with Gasteiger partial charge in [0, 0.05) is 18.9 Å². The van der Waals surface area contributed by atoms with Gasteiger partial charge in [-0.25, -0.2) is 4.79 Å². The summed E-state index contributed by atoms with van der Waals surface area (Å²) in [6.45, 7) is 0.369. The fourth-order valence-corrected chi connectivity index (χ4v) is 4.47. The first-order valence-electron chi connectivity index (χ1n) is 11.1. The van der Waals surface area contributed by atoms with Gasteiger partial charge in [-0.15, -0.1) is 12.3 Å². The highest BCUT2D eigenvalue weighted by Crippen LogP contribution is 2.44. The minimum atomic E-state index is -0.975. The van der Waals surface area contributed by atoms with Gasteiger partial charge in [0.05, 0.1) is 18.6 Å². The normalized spacial score (nSPS) is 19.4. The zero-order chi connectivity index (χ0) is 24.1. The highest BCUT2D eigenvalue weighted by atomic mass is 16.5. The highest BCUT2D eigenvalue weighted by Gasteiger charge is 2.32. The fraction of sp³-hybridized carbons (Fsp3) is 0.346. The number of terminal acetylenes is 1. The Balaban J connectivity index is 1.32. The maximum Gasteiger partial charge on any atom is 0.407 e. The number of hydrogen-bond acceptors (Lipinski definition) is 5. The Labute approximate surface area is 197 Å². The molecule has 2 aliphatic rings. The molecule has 2 aromatic carbocycles. The number of carbonyl (C=O) groups is 3. The van der Waals surface area contributed by atoms with E-state index in [4.69, 9.17) is 21.0 Å². The Kier molecular flexibility index (Phi) is 7.14. The number of benzene rings is 2. The molecular weight excluding hydrogens is 436 g/mol. The third-order valence-electron chi connectivity index (χ3n) is 6.21. The molecule has 2 amide bonds. The zero-order valence-electron chi connectivity index (χ0n) is 18.5. The SMILES string of the molecule is C#CCC(NC(=O)OCC1c2ccccc2-c2ccccc21)C(=O)NC[C@@H]1C[C@H](C(=O)O)CO1. The van der Waals surface area contributed by atoms with Crippen LogP contribution in [0.1, 0.15) is 29.9 Å². The Morgan fingerprint density at radius 2 is 1.76 bits per heavy atom. The van der Waals surface area contributed by atoms with Gasteiger partial charge in [-0.1, -0.05) is 48.5 Å². The monoisotopic (exact) mass is 462 g/mol. The van der Waals surface area contributed by atoms with Crippen LogP contribution in [0.3, 0.4) is 0 Å². The molecule has 0 aromatic heterocycles. The Morgan fingerprint density at radius 1 is 1.12 bits per heavy atom. The molecule has 1 saturated heterocycles. The van der Waals surface area contributed by atoms with Crippen LogP contribution < -0.4 is 10.6 Å². The van der Waals surface area contributed by atoms with Crippen molar-refractivity contribution in [2.24, 2.45) is 5.92 Å². The zero-order valence-corrected chi connectivity index (χ0v) is 18.5. The van der Waals surface area contributed by atoms with Crippen LogP contribution in [0.2, 0.25) is 0 Å². The molecule has 1 aliphatic carbocycles. The summed E-state index contributed by atoms with van der Waals surface area (Å²) in [6, 6.07) is 15.0. The summed E-state index contributed by atoms with van der Waals surface area (Å²) in [7, 11) is 0. The number of aliphatic carboxylic acids is 1. The van der Waals surface area contributed by atoms with Gasteiger partial charge >= 0.3 is 12.1 Å². The number of ether oxygens (including phenoxy) is 2. The minimum Gasteiger partial charge on any atom is -0.481 e. The van der Waals surface area contributed by atoms with Crippen molar-refractivity contribution in [3.8, 4) is 23.5 Å². The molecule has 8 nitrogen and oxygen atoms in total. The van der Waals surface area contributed by atoms with E-state index in [1.807, 2.05) is 48.5 Å². The molecule has 1 aliphatic heterocycles. The first-order chi connectivity index (χ1) is 16.5. The van der Waals surface area contributed by atoms with Crippen molar-refractivity contribution in [1.82, 2.24) is 10.6 Å². The second kappa shape index (κ2) is 10.4. The van der Waals surface area contributed by atoms with Gasteiger partial charge in [-0.2, -0.15) is 0 Å². The van der Waals surface area contributed by atoms with E-state index in [1.165, 1.54) is 0 Å². The standard InChI is InChI=1S/C26H26N2O6/c1-2-7-23(24(29)27-13-17-12-16(14-33-17)25(30)31)28-26(32)34-15-22-20-10-5-3-8-18(20)19-9-4-6-11-21(19)22/h1,3-6,8-11,16-17,22-23H,7,12-15H2,(H,27,29)(H,28,32)(H,30,31)/t16-,17-,23?/m0/s1. The van der Waals surface area contributed by atoms with Gasteiger partial charge in [0.2, 0.25) is 5.91 Å². The molecule has 1 unspecified atom stereocenters. The van der Waals surface area contributed by atoms with E-state index in [-0.39, 0.29) is 32.1 Å². The lowest BCUT2D eigenvalue weighted by Gasteiger charge is -2.19. The molecule has 176 valence electrons. The van der Waals surface area contributed by atoms with Crippen LogP contribution in [0.15, 0.2) is 48.5 Å². The van der Waals surface area contributed by atoms with Gasteiger partial charge in [0.15, 0.2) is 0 Å². The van der Waals surface area contributed by atoms with Crippen molar-refractivity contribution < 1.29 is 29.0 Å². The number of rotatable bonds is 8. The summed E-state index contributed by atoms with van der Waals surface area (Å²) >= 11 is 0. The third kappa shape index (κ3) is 5.05. The van der Waals surface area contributed by atoms with Crippen LogP contribution in [0.5, 0.6) is 0 Å². The number of nitrogens with one attached hydrogen (secondary N) is 2. The fourth-order valence-electron chi connectivity index (χ4n) is 4.47. The highest BCUT2D eigenvalue weighted by molar-refractivity contribution is 5.86. The first kappa shape index (κ1) is 23.3. The molecule has 2 aromatic rings. The van der Waals surface area contributed by atoms with Crippen LogP contribution in [0.25, 0.3) is 11.1 Å². The van der Waals surface area contributed by atoms with E-state index in [0.29, 0.717) is 6.42 Å². The average molecular weight is 463 g/mol. The number of hydrogen-bond donors (Lipinski definition) is 3. The number of alkyl carbamates (subject to hydrolysis) is 1. The molecule has 1 fully saturated rings. The third-order valence-corrected chi connectivity index (χ3v) is 6.21. The molecule has 1 heterocycles. The Hall–Kier alpha value is -3.83. The largest absolute Gasteiger partial charge is 0.481 e. The second-order valence-electron chi connectivity index (χ2n) is 8.40. The van der Waals surface area contributed by atoms with Gasteiger partial charge in [0.25, 0.3) is 0 Å². The smallest absolute Gasteiger partial charge is 0.407 e. The lowest BCUT2D eigenvalue weighted by atomic mass is 9.98. The van der Waals surface area contributed by atoms with Crippen molar-refractivity contribution in [2.75, 3.05) is 19.8 Å². The lowest BCUT2D eigenvalue weighted by Crippen LogP contribution is -2.48. The molecule has 0 bridgehead atoms. The molecular formula is C26H26N2O6. The Morgan fingerprint density at radius 3 is 2.35 bits per heavy atom. The van der Waals surface area contributed by atoms with Crippen LogP contribution >= 0.6 is 0 Å². The first-order valence-corrected chi connectivity index (χ1v) is 11.1. The topological polar surface area (TPSA) is 114 Å². The van der Waals surface area contributed by atoms with Gasteiger partial charge in [0.1, 0.15) is 12.6 Å². The van der Waals surface area contributed by atoms with E-state index >= 15 is 0 Å². The number of amides is 2. The minimum absolute atomic E-state index is 0.0146. The van der Waals surface area contributed by atoms with Crippen molar-refractivity contribution >= 4 is 18.0 Å². The number of carboxylic acid groups (broad SMARTS) is 1. The number of fused-ring (bicyclic) bond motifs is 3. The van der Waals surface area contributed by atoms with Crippen molar-refractivity contribution in [1.29, 1.82) is 0 Å². The molecule has 0 spiro atoms. The number of carbonyl (C=O) groups excluding carboxylic acids is 2. The molecule has 34 heavy (non-hydrogen) atoms. The summed E-state index contributed by atoms with van der Waals surface area (Å²) in [5.41, 5.74) is 4.42. The Bertz CT molecular complexity index is 1080. The molecule has 8 heteroatoms. The lowest BCUT2D eigenvalue weighted by molar-refractivity contribution is -0.141. The molecule has 4 rings (SSSR count). The summed E-state index contributed by atoms with van der Waals surface area (Å²) < 4.78 is 10.9. The van der Waals surface area contributed by atoms with Gasteiger partial charge in [-0.3, -0.25) is 9.59 Å². The average Bonchev–Trinajstić information content (AvgIpc) is 3.44. The summed E-state index contributed by atoms with van der Waals surface area (Å²) in [5.74, 6) is 0.310. The van der Waals surface area contributed by atoms with Crippen LogP contribution in [0, 0.1) is 18.3 Å². The van der Waals surface area contributed by atoms with Crippen molar-refractivity contribution in [3.63, 3.8) is 0 Å². The van der Waals surface area contributed by atoms with Crippen LogP contribution in [-0.4, -0.2) is 55.0 Å². The van der Waals surface area contributed by atoms with E-state index < -0.39 is 36.0 Å². The van der Waals surface area contributed by atoms with Gasteiger partial charge < -0.3 is 25.2 Å². The molecule has 0 radical (unpaired) electrons. The second-order valence-corrected chi connectivity index (χ2v) is 8.40. The molecule has 3 N–H and O–H groups in total. The number of carboxylic acids is 1. The van der Waals surface area contributed by atoms with Crippen LogP contribution in [-0.2, 0) is 19.1 Å². The quantitative estimate of drug-likeness (QED) is 0.520. The van der Waals surface area contributed by atoms with E-state index in [9.17, 15) is 14.4 Å². The van der Waals surface area contributed by atoms with Crippen molar-refractivity contribution in [2.45, 2.75) is 30.9 Å². The maximum absolute atomic E-state index is 12.6. The maximum atomic E-state index is 12.6. The van der Waals surface area contributed by atoms with E-state index in [0.717, 1.165) is 22.3 Å². The van der Waals surface area contributed by atoms with Crippen molar-refractivity contribution in [3.05, 3.63) is 59.7 Å². The van der Waals surface area contributed by atoms with Crippen LogP contribution in [0.4, 0.5) is 4.79 Å². The van der Waals surface area contributed by atoms with Gasteiger partial charge in [-0.05, 0) is 28.7 Å². The summed E-state index contributed by atoms with van der Waals surface area (Å²) in [5, 5.41) is 14.3.